The number of hydrogen-bond acceptors (Lipinski definition) is 7. The lowest BCUT2D eigenvalue weighted by molar-refractivity contribution is -0.320. The third-order valence-corrected chi connectivity index (χ3v) is 3.43. The molecule has 0 spiro atoms. The summed E-state index contributed by atoms with van der Waals surface area (Å²) >= 11 is 6.09. The lowest BCUT2D eigenvalue weighted by Gasteiger charge is -2.26. The van der Waals surface area contributed by atoms with E-state index in [1.165, 1.54) is 12.1 Å². The quantitative estimate of drug-likeness (QED) is 0.482. The van der Waals surface area contributed by atoms with Gasteiger partial charge in [0.2, 0.25) is 0 Å². The van der Waals surface area contributed by atoms with Crippen LogP contribution in [0.25, 0.3) is 6.08 Å². The van der Waals surface area contributed by atoms with E-state index in [-0.39, 0.29) is 18.0 Å². The molecule has 148 valence electrons. The van der Waals surface area contributed by atoms with Gasteiger partial charge in [-0.25, -0.2) is 4.39 Å². The van der Waals surface area contributed by atoms with E-state index >= 15 is 0 Å². The highest BCUT2D eigenvalue weighted by atomic mass is 35.5. The minimum atomic E-state index is -0.809. The maximum Gasteiger partial charge on any atom is 0.328 e. The van der Waals surface area contributed by atoms with Crippen LogP contribution in [0.15, 0.2) is 54.6 Å². The van der Waals surface area contributed by atoms with Gasteiger partial charge in [-0.05, 0) is 23.8 Å². The number of rotatable bonds is 8. The van der Waals surface area contributed by atoms with E-state index in [1.54, 1.807) is 6.08 Å². The Balaban J connectivity index is 2.16. The average molecular weight is 409 g/mol. The van der Waals surface area contributed by atoms with E-state index in [1.807, 2.05) is 36.4 Å². The molecule has 0 amide bonds. The van der Waals surface area contributed by atoms with Gasteiger partial charge in [0.25, 0.3) is 0 Å². The molecule has 9 heteroatoms. The molecule has 0 saturated heterocycles. The molecule has 0 saturated carbocycles. The summed E-state index contributed by atoms with van der Waals surface area (Å²) in [4.78, 5) is 31.8. The van der Waals surface area contributed by atoms with Gasteiger partial charge >= 0.3 is 11.9 Å². The zero-order valence-electron chi connectivity index (χ0n) is 15.2. The maximum atomic E-state index is 13.7. The van der Waals surface area contributed by atoms with Crippen molar-refractivity contribution in [3.63, 3.8) is 0 Å². The van der Waals surface area contributed by atoms with E-state index in [0.717, 1.165) is 25.5 Å². The minimum absolute atomic E-state index is 0.0442. The van der Waals surface area contributed by atoms with Crippen molar-refractivity contribution in [1.82, 2.24) is 5.34 Å². The van der Waals surface area contributed by atoms with Crippen molar-refractivity contribution in [1.29, 1.82) is 0 Å². The summed E-state index contributed by atoms with van der Waals surface area (Å²) in [5.41, 5.74) is 0.942. The molecule has 28 heavy (non-hydrogen) atoms. The molecule has 0 aromatic heterocycles. The van der Waals surface area contributed by atoms with Gasteiger partial charge in [-0.2, -0.15) is 0 Å². The highest BCUT2D eigenvalue weighted by molar-refractivity contribution is 6.25. The molecular formula is C19H18ClFN2O5. The smallest absolute Gasteiger partial charge is 0.328 e. The molecule has 0 aliphatic heterocycles. The number of halogens is 2. The summed E-state index contributed by atoms with van der Waals surface area (Å²) in [5.74, 6) is -2.08. The van der Waals surface area contributed by atoms with Crippen molar-refractivity contribution < 1.29 is 28.4 Å². The van der Waals surface area contributed by atoms with E-state index in [0.29, 0.717) is 9.86 Å². The molecule has 2 aromatic carbocycles. The van der Waals surface area contributed by atoms with E-state index in [2.05, 4.69) is 0 Å². The lowest BCUT2D eigenvalue weighted by Crippen LogP contribution is -2.39. The Morgan fingerprint density at radius 2 is 1.71 bits per heavy atom. The number of nitrogens with zero attached hydrogens (tertiary/aromatic N) is 2. The number of anilines is 1. The summed E-state index contributed by atoms with van der Waals surface area (Å²) < 4.78 is 19.9. The van der Waals surface area contributed by atoms with Crippen LogP contribution in [0.5, 0.6) is 5.75 Å². The second-order valence-corrected chi connectivity index (χ2v) is 5.72. The predicted molar refractivity (Wildman–Crippen MR) is 101 cm³/mol. The van der Waals surface area contributed by atoms with Crippen molar-refractivity contribution >= 4 is 35.5 Å². The van der Waals surface area contributed by atoms with Gasteiger partial charge in [-0.1, -0.05) is 36.4 Å². The summed E-state index contributed by atoms with van der Waals surface area (Å²) in [5, 5.41) is 0.327. The van der Waals surface area contributed by atoms with Crippen molar-refractivity contribution in [3.05, 3.63) is 66.0 Å². The normalized spacial score (nSPS) is 10.8. The molecule has 0 N–H and O–H groups in total. The topological polar surface area (TPSA) is 68.3 Å². The second kappa shape index (κ2) is 10.3. The first kappa shape index (κ1) is 21.2. The summed E-state index contributed by atoms with van der Waals surface area (Å²) in [6, 6.07) is 13.1. The zero-order chi connectivity index (χ0) is 20.5. The molecule has 7 nitrogen and oxygen atoms in total. The molecule has 0 unspecified atom stereocenters. The van der Waals surface area contributed by atoms with Crippen molar-refractivity contribution in [2.24, 2.45) is 0 Å². The molecule has 0 atom stereocenters. The number of hydrogen-bond donors (Lipinski definition) is 0. The number of ether oxygens (including phenoxy) is 1. The standard InChI is InChI=1S/C19H18ClFN2O5/c1-14(24)27-23(28-15(2)25)22(20)18-13-17(21)10-11-19(18)26-12-6-9-16-7-4-3-5-8-16/h3-11,13H,12H2,1-2H3/b9-6+. The maximum absolute atomic E-state index is 13.7. The van der Waals surface area contributed by atoms with Crippen LogP contribution in [0, 0.1) is 5.82 Å². The van der Waals surface area contributed by atoms with Crippen LogP contribution in [0.2, 0.25) is 0 Å². The molecule has 0 heterocycles. The second-order valence-electron chi connectivity index (χ2n) is 5.40. The molecule has 0 aliphatic rings. The fourth-order valence-electron chi connectivity index (χ4n) is 2.04. The first-order valence-electron chi connectivity index (χ1n) is 8.14. The fraction of sp³-hybridized carbons (Fsp3) is 0.158. The Bertz CT molecular complexity index is 831. The number of carbonyl (C=O) groups excluding carboxylic acids is 2. The van der Waals surface area contributed by atoms with Crippen LogP contribution in [-0.4, -0.2) is 23.9 Å². The van der Waals surface area contributed by atoms with E-state index < -0.39 is 17.8 Å². The largest absolute Gasteiger partial charge is 0.487 e. The van der Waals surface area contributed by atoms with Crippen LogP contribution in [0.4, 0.5) is 10.1 Å². The van der Waals surface area contributed by atoms with Crippen LogP contribution in [0.3, 0.4) is 0 Å². The summed E-state index contributed by atoms with van der Waals surface area (Å²) in [7, 11) is 0. The molecule has 0 bridgehead atoms. The van der Waals surface area contributed by atoms with E-state index in [9.17, 15) is 14.0 Å². The van der Waals surface area contributed by atoms with Gasteiger partial charge < -0.3 is 14.4 Å². The Morgan fingerprint density at radius 1 is 1.07 bits per heavy atom. The Kier molecular flexibility index (Phi) is 7.79. The Hall–Kier alpha value is -3.10. The first-order valence-corrected chi connectivity index (χ1v) is 8.47. The van der Waals surface area contributed by atoms with Gasteiger partial charge in [0.1, 0.15) is 23.9 Å². The molecular weight excluding hydrogens is 391 g/mol. The van der Waals surface area contributed by atoms with Crippen molar-refractivity contribution in [3.8, 4) is 5.75 Å². The highest BCUT2D eigenvalue weighted by Crippen LogP contribution is 2.32. The third-order valence-electron chi connectivity index (χ3n) is 3.12. The average Bonchev–Trinajstić information content (AvgIpc) is 2.65. The summed E-state index contributed by atoms with van der Waals surface area (Å²) in [6.07, 6.45) is 3.61. The molecule has 0 aliphatic carbocycles. The van der Waals surface area contributed by atoms with Crippen LogP contribution < -0.4 is 9.26 Å². The first-order chi connectivity index (χ1) is 13.4. The predicted octanol–water partition coefficient (Wildman–Crippen LogP) is 4.05. The van der Waals surface area contributed by atoms with Crippen LogP contribution >= 0.6 is 11.8 Å². The van der Waals surface area contributed by atoms with Crippen molar-refractivity contribution in [2.45, 2.75) is 13.8 Å². The van der Waals surface area contributed by atoms with Gasteiger partial charge in [0.15, 0.2) is 5.34 Å². The number of benzene rings is 2. The zero-order valence-corrected chi connectivity index (χ0v) is 15.9. The van der Waals surface area contributed by atoms with E-state index in [4.69, 9.17) is 26.2 Å². The Labute approximate surface area is 166 Å². The SMILES string of the molecule is CC(=O)ON(OC(C)=O)N(Cl)c1cc(F)ccc1OC/C=C/c1ccccc1. The fourth-order valence-corrected chi connectivity index (χ4v) is 2.24. The number of hydrazine groups is 1. The summed E-state index contributed by atoms with van der Waals surface area (Å²) in [6.45, 7) is 2.32. The molecule has 0 fully saturated rings. The van der Waals surface area contributed by atoms with Gasteiger partial charge in [0, 0.05) is 31.7 Å². The minimum Gasteiger partial charge on any atom is -0.487 e. The van der Waals surface area contributed by atoms with Crippen LogP contribution in [0.1, 0.15) is 19.4 Å². The molecule has 2 aromatic rings. The van der Waals surface area contributed by atoms with Gasteiger partial charge in [-0.15, -0.1) is 4.53 Å². The monoisotopic (exact) mass is 408 g/mol. The van der Waals surface area contributed by atoms with Crippen LogP contribution in [-0.2, 0) is 19.3 Å². The lowest BCUT2D eigenvalue weighted by atomic mass is 10.2. The molecule has 2 rings (SSSR count). The number of carbonyl (C=O) groups is 2. The highest BCUT2D eigenvalue weighted by Gasteiger charge is 2.25. The van der Waals surface area contributed by atoms with Crippen molar-refractivity contribution in [2.75, 3.05) is 11.1 Å². The van der Waals surface area contributed by atoms with Gasteiger partial charge in [-0.3, -0.25) is 9.59 Å². The Morgan fingerprint density at radius 3 is 2.32 bits per heavy atom. The third kappa shape index (κ3) is 6.57. The van der Waals surface area contributed by atoms with Gasteiger partial charge in [0.05, 0.1) is 0 Å². The molecule has 0 radical (unpaired) electrons.